The number of halogens is 3. The fourth-order valence-corrected chi connectivity index (χ4v) is 4.15. The molecule has 216 valence electrons. The quantitative estimate of drug-likeness (QED) is 0.0462. The van der Waals surface area contributed by atoms with Gasteiger partial charge in [-0.2, -0.15) is 0 Å². The van der Waals surface area contributed by atoms with Gasteiger partial charge >= 0.3 is 5.97 Å². The molecule has 3 aromatic rings. The van der Waals surface area contributed by atoms with E-state index in [0.29, 0.717) is 0 Å². The monoisotopic (exact) mass is 562 g/mol. The number of hydrogen-bond acceptors (Lipinski definition) is 3. The summed E-state index contributed by atoms with van der Waals surface area (Å²) >= 11 is 0. The highest BCUT2D eigenvalue weighted by atomic mass is 19.2. The molecule has 0 fully saturated rings. The first-order valence-electron chi connectivity index (χ1n) is 14.3. The first-order chi connectivity index (χ1) is 19.9. The van der Waals surface area contributed by atoms with Gasteiger partial charge in [-0.05, 0) is 78.7 Å². The van der Waals surface area contributed by atoms with E-state index in [9.17, 15) is 18.0 Å². The van der Waals surface area contributed by atoms with E-state index in [1.54, 1.807) is 24.3 Å². The maximum absolute atomic E-state index is 13.3. The first kappa shape index (κ1) is 31.5. The molecular weight excluding hydrogens is 525 g/mol. The van der Waals surface area contributed by atoms with Crippen LogP contribution in [0.3, 0.4) is 0 Å². The topological polar surface area (TPSA) is 35.5 Å². The van der Waals surface area contributed by atoms with Crippen LogP contribution >= 0.6 is 0 Å². The minimum absolute atomic E-state index is 0.00217. The zero-order valence-electron chi connectivity index (χ0n) is 23.6. The van der Waals surface area contributed by atoms with Gasteiger partial charge < -0.3 is 9.47 Å². The maximum Gasteiger partial charge on any atom is 0.336 e. The summed E-state index contributed by atoms with van der Waals surface area (Å²) < 4.78 is 50.6. The van der Waals surface area contributed by atoms with Crippen molar-refractivity contribution in [2.24, 2.45) is 0 Å². The van der Waals surface area contributed by atoms with Crippen molar-refractivity contribution < 1.29 is 27.4 Å². The van der Waals surface area contributed by atoms with Gasteiger partial charge in [0.1, 0.15) is 11.5 Å². The zero-order valence-corrected chi connectivity index (χ0v) is 23.6. The van der Waals surface area contributed by atoms with Crippen LogP contribution in [0.1, 0.15) is 87.8 Å². The number of hydrogen-bond donors (Lipinski definition) is 0. The summed E-state index contributed by atoms with van der Waals surface area (Å²) in [5.41, 5.74) is 1.59. The van der Waals surface area contributed by atoms with Crippen LogP contribution in [0.5, 0.6) is 11.5 Å². The van der Waals surface area contributed by atoms with Crippen molar-refractivity contribution in [1.29, 1.82) is 0 Å². The molecule has 0 atom stereocenters. The van der Waals surface area contributed by atoms with Crippen molar-refractivity contribution in [3.63, 3.8) is 0 Å². The molecule has 3 rings (SSSR count). The number of carbonyl (C=O) groups is 1. The predicted molar refractivity (Wildman–Crippen MR) is 157 cm³/mol. The number of carbonyl (C=O) groups excluding carboxylic acids is 1. The third-order valence-corrected chi connectivity index (χ3v) is 6.46. The molecule has 0 heterocycles. The van der Waals surface area contributed by atoms with Gasteiger partial charge in [-0.3, -0.25) is 0 Å². The van der Waals surface area contributed by atoms with Crippen LogP contribution in [0.25, 0.3) is 6.08 Å². The normalized spacial score (nSPS) is 10.8. The van der Waals surface area contributed by atoms with E-state index < -0.39 is 23.4 Å². The van der Waals surface area contributed by atoms with Gasteiger partial charge in [0.05, 0.1) is 6.61 Å². The first-order valence-corrected chi connectivity index (χ1v) is 14.3. The van der Waals surface area contributed by atoms with E-state index in [-0.39, 0.29) is 11.3 Å². The third kappa shape index (κ3) is 12.0. The predicted octanol–water partition coefficient (Wildman–Crippen LogP) is 9.42. The Labute approximate surface area is 241 Å². The van der Waals surface area contributed by atoms with E-state index >= 15 is 0 Å². The van der Waals surface area contributed by atoms with E-state index in [1.807, 2.05) is 24.3 Å². The summed E-state index contributed by atoms with van der Waals surface area (Å²) in [6.07, 6.45) is 15.1. The van der Waals surface area contributed by atoms with E-state index in [2.05, 4.69) is 18.8 Å². The summed E-state index contributed by atoms with van der Waals surface area (Å²) in [4.78, 5) is 12.0. The molecular formula is C35H37F3O3. The van der Waals surface area contributed by atoms with E-state index in [0.717, 1.165) is 54.2 Å². The molecule has 0 amide bonds. The lowest BCUT2D eigenvalue weighted by Gasteiger charge is -2.06. The average molecular weight is 563 g/mol. The molecule has 6 heteroatoms. The fraction of sp³-hybridized carbons (Fsp3) is 0.343. The highest BCUT2D eigenvalue weighted by molar-refractivity contribution is 5.88. The van der Waals surface area contributed by atoms with Crippen LogP contribution in [0.15, 0.2) is 66.7 Å². The van der Waals surface area contributed by atoms with Gasteiger partial charge in [0.2, 0.25) is 0 Å². The molecule has 41 heavy (non-hydrogen) atoms. The second-order valence-electron chi connectivity index (χ2n) is 9.88. The highest BCUT2D eigenvalue weighted by Crippen LogP contribution is 2.17. The average Bonchev–Trinajstić information content (AvgIpc) is 2.98. The maximum atomic E-state index is 13.3. The lowest BCUT2D eigenvalue weighted by atomic mass is 10.1. The van der Waals surface area contributed by atoms with Crippen molar-refractivity contribution in [2.75, 3.05) is 6.61 Å². The number of unbranched alkanes of at least 4 members (excludes halogenated alkanes) is 9. The number of benzene rings is 3. The summed E-state index contributed by atoms with van der Waals surface area (Å²) in [6.45, 7) is 2.97. The Kier molecular flexibility index (Phi) is 13.6. The Morgan fingerprint density at radius 2 is 1.20 bits per heavy atom. The molecule has 0 spiro atoms. The summed E-state index contributed by atoms with van der Waals surface area (Å²) in [7, 11) is 0. The van der Waals surface area contributed by atoms with Gasteiger partial charge in [-0.15, -0.1) is 0 Å². The zero-order chi connectivity index (χ0) is 29.3. The molecule has 0 aliphatic heterocycles. The van der Waals surface area contributed by atoms with Crippen molar-refractivity contribution in [1.82, 2.24) is 0 Å². The second kappa shape index (κ2) is 17.7. The number of rotatable bonds is 15. The van der Waals surface area contributed by atoms with Gasteiger partial charge in [0.15, 0.2) is 17.5 Å². The molecule has 0 N–H and O–H groups in total. The fourth-order valence-electron chi connectivity index (χ4n) is 4.15. The Balaban J connectivity index is 1.36. The van der Waals surface area contributed by atoms with Crippen LogP contribution in [0, 0.1) is 29.3 Å². The van der Waals surface area contributed by atoms with Crippen molar-refractivity contribution >= 4 is 12.0 Å². The van der Waals surface area contributed by atoms with Crippen LogP contribution < -0.4 is 9.47 Å². The molecule has 0 saturated heterocycles. The van der Waals surface area contributed by atoms with Gasteiger partial charge in [-0.1, -0.05) is 76.6 Å². The van der Waals surface area contributed by atoms with E-state index in [4.69, 9.17) is 9.47 Å². The molecule has 0 saturated carbocycles. The van der Waals surface area contributed by atoms with Crippen LogP contribution in [-0.2, 0) is 4.79 Å². The van der Waals surface area contributed by atoms with Crippen LogP contribution in [-0.4, -0.2) is 12.6 Å². The van der Waals surface area contributed by atoms with E-state index in [1.165, 1.54) is 57.8 Å². The Bertz CT molecular complexity index is 1300. The van der Waals surface area contributed by atoms with Crippen molar-refractivity contribution in [2.45, 2.75) is 71.1 Å². The Morgan fingerprint density at radius 3 is 1.73 bits per heavy atom. The van der Waals surface area contributed by atoms with Crippen molar-refractivity contribution in [3.8, 4) is 23.3 Å². The molecule has 0 aliphatic rings. The molecule has 0 aromatic heterocycles. The molecule has 0 aliphatic carbocycles. The Hall–Kier alpha value is -3.98. The third-order valence-electron chi connectivity index (χ3n) is 6.46. The van der Waals surface area contributed by atoms with Gasteiger partial charge in [-0.25, -0.2) is 18.0 Å². The minimum atomic E-state index is -1.56. The highest BCUT2D eigenvalue weighted by Gasteiger charge is 2.09. The Morgan fingerprint density at radius 1 is 0.707 bits per heavy atom. The summed E-state index contributed by atoms with van der Waals surface area (Å²) in [5, 5.41) is 0. The molecule has 0 radical (unpaired) electrons. The lowest BCUT2D eigenvalue weighted by molar-refractivity contribution is -0.128. The lowest BCUT2D eigenvalue weighted by Crippen LogP contribution is -2.03. The molecule has 3 aromatic carbocycles. The van der Waals surface area contributed by atoms with Crippen LogP contribution in [0.2, 0.25) is 0 Å². The number of ether oxygens (including phenoxy) is 2. The number of esters is 1. The molecule has 3 nitrogen and oxygen atoms in total. The van der Waals surface area contributed by atoms with Crippen molar-refractivity contribution in [3.05, 3.63) is 101 Å². The molecule has 0 unspecified atom stereocenters. The second-order valence-corrected chi connectivity index (χ2v) is 9.88. The summed E-state index contributed by atoms with van der Waals surface area (Å²) in [5.74, 6) is 2.31. The van der Waals surface area contributed by atoms with Gasteiger partial charge in [0.25, 0.3) is 0 Å². The van der Waals surface area contributed by atoms with Crippen LogP contribution in [0.4, 0.5) is 13.2 Å². The standard InChI is InChI=1S/C35H37F3O3/c1-2-3-4-5-6-7-8-9-10-11-24-40-30-19-14-27(15-20-30)12-13-28-16-21-31(22-17-28)41-34(39)23-18-29-25-32(36)35(38)33(37)26-29/h14-23,25-26H,2-11,24H2,1H3/b23-18+. The minimum Gasteiger partial charge on any atom is -0.494 e. The molecule has 0 bridgehead atoms. The largest absolute Gasteiger partial charge is 0.494 e. The smallest absolute Gasteiger partial charge is 0.336 e. The van der Waals surface area contributed by atoms with Gasteiger partial charge in [0, 0.05) is 17.2 Å². The summed E-state index contributed by atoms with van der Waals surface area (Å²) in [6, 6.07) is 15.9. The SMILES string of the molecule is CCCCCCCCCCCCOc1ccc(C#Cc2ccc(OC(=O)/C=C/c3cc(F)c(F)c(F)c3)cc2)cc1.